The number of pyridine rings is 1. The number of nitrogens with one attached hydrogen (secondary N) is 1. The van der Waals surface area contributed by atoms with Crippen molar-refractivity contribution in [3.05, 3.63) is 65.6 Å². The van der Waals surface area contributed by atoms with Crippen molar-refractivity contribution in [3.63, 3.8) is 0 Å². The maximum Gasteiger partial charge on any atom is 0.433 e. The van der Waals surface area contributed by atoms with E-state index in [9.17, 15) is 22.4 Å². The third kappa shape index (κ3) is 4.91. The Morgan fingerprint density at radius 1 is 1.18 bits per heavy atom. The van der Waals surface area contributed by atoms with Crippen molar-refractivity contribution in [1.29, 1.82) is 0 Å². The summed E-state index contributed by atoms with van der Waals surface area (Å²) in [5.41, 5.74) is 5.42. The monoisotopic (exact) mass is 476 g/mol. The largest absolute Gasteiger partial charge is 0.494 e. The van der Waals surface area contributed by atoms with Crippen molar-refractivity contribution in [1.82, 2.24) is 10.3 Å². The van der Waals surface area contributed by atoms with Crippen LogP contribution >= 0.6 is 0 Å². The van der Waals surface area contributed by atoms with Crippen LogP contribution < -0.4 is 20.7 Å². The van der Waals surface area contributed by atoms with E-state index in [1.165, 1.54) is 25.3 Å². The molecule has 0 radical (unpaired) electrons. The van der Waals surface area contributed by atoms with Gasteiger partial charge < -0.3 is 20.7 Å². The molecule has 180 valence electrons. The highest BCUT2D eigenvalue weighted by Gasteiger charge is 2.38. The Hall–Kier alpha value is -3.40. The fraction of sp³-hybridized carbons (Fsp3) is 0.333. The van der Waals surface area contributed by atoms with Crippen LogP contribution in [0, 0.1) is 5.82 Å². The molecule has 3 aromatic rings. The first-order valence-corrected chi connectivity index (χ1v) is 10.7. The van der Waals surface area contributed by atoms with Crippen LogP contribution in [0.4, 0.5) is 23.2 Å². The van der Waals surface area contributed by atoms with E-state index in [1.54, 1.807) is 24.3 Å². The molecule has 1 saturated heterocycles. The summed E-state index contributed by atoms with van der Waals surface area (Å²) in [5.74, 6) is -0.622. The molecular formula is C24H24F4N4O2. The fourth-order valence-corrected chi connectivity index (χ4v) is 4.56. The average Bonchev–Trinajstić information content (AvgIpc) is 2.78. The molecule has 1 aromatic heterocycles. The normalized spacial score (nSPS) is 18.8. The zero-order valence-corrected chi connectivity index (χ0v) is 18.5. The first kappa shape index (κ1) is 23.7. The molecule has 10 heteroatoms. The molecule has 0 bridgehead atoms. The van der Waals surface area contributed by atoms with Crippen molar-refractivity contribution in [2.24, 2.45) is 5.73 Å². The zero-order valence-electron chi connectivity index (χ0n) is 18.5. The van der Waals surface area contributed by atoms with Crippen molar-refractivity contribution < 1.29 is 27.1 Å². The first-order chi connectivity index (χ1) is 16.1. The molecule has 2 heterocycles. The van der Waals surface area contributed by atoms with Crippen LogP contribution in [0.15, 0.2) is 48.5 Å². The maximum absolute atomic E-state index is 13.4. The standard InChI is InChI=1S/C24H24F4N4O2/c1-34-19-8-7-18(17-6-9-20(24(26,27)28)31-22(17)19)32-11-10-30-23(14-32,13-21(29)33)12-15-2-4-16(25)5-3-15/h2-9,30H,10-14H2,1H3,(H2,29,33). The number of hydrogen-bond acceptors (Lipinski definition) is 5. The van der Waals surface area contributed by atoms with Crippen LogP contribution in [0.1, 0.15) is 17.7 Å². The number of hydrogen-bond donors (Lipinski definition) is 2. The molecule has 1 unspecified atom stereocenters. The van der Waals surface area contributed by atoms with E-state index in [2.05, 4.69) is 10.3 Å². The molecule has 1 aliphatic heterocycles. The summed E-state index contributed by atoms with van der Waals surface area (Å²) in [6, 6.07) is 11.7. The average molecular weight is 476 g/mol. The molecule has 4 rings (SSSR count). The Morgan fingerprint density at radius 3 is 2.56 bits per heavy atom. The number of halogens is 4. The maximum atomic E-state index is 13.4. The van der Waals surface area contributed by atoms with E-state index >= 15 is 0 Å². The van der Waals surface area contributed by atoms with Gasteiger partial charge >= 0.3 is 6.18 Å². The van der Waals surface area contributed by atoms with Gasteiger partial charge in [-0.25, -0.2) is 9.37 Å². The Bertz CT molecular complexity index is 1200. The molecule has 3 N–H and O–H groups in total. The van der Waals surface area contributed by atoms with Gasteiger partial charge in [0.15, 0.2) is 0 Å². The fourth-order valence-electron chi connectivity index (χ4n) is 4.56. The lowest BCUT2D eigenvalue weighted by Crippen LogP contribution is -2.63. The summed E-state index contributed by atoms with van der Waals surface area (Å²) < 4.78 is 58.5. The third-order valence-corrected chi connectivity index (χ3v) is 5.99. The minimum absolute atomic E-state index is 0.0332. The SMILES string of the molecule is COc1ccc(N2CCNC(CC(N)=O)(Cc3ccc(F)cc3)C2)c2ccc(C(F)(F)F)nc12. The lowest BCUT2D eigenvalue weighted by atomic mass is 9.84. The Morgan fingerprint density at radius 2 is 1.91 bits per heavy atom. The van der Waals surface area contributed by atoms with E-state index in [0.29, 0.717) is 37.1 Å². The van der Waals surface area contributed by atoms with Crippen LogP contribution in [0.2, 0.25) is 0 Å². The van der Waals surface area contributed by atoms with E-state index in [4.69, 9.17) is 10.5 Å². The number of amides is 1. The molecule has 2 aromatic carbocycles. The highest BCUT2D eigenvalue weighted by molar-refractivity contribution is 5.96. The molecule has 1 fully saturated rings. The molecule has 1 aliphatic rings. The van der Waals surface area contributed by atoms with Gasteiger partial charge in [0.1, 0.15) is 22.8 Å². The number of ether oxygens (including phenoxy) is 1. The molecule has 6 nitrogen and oxygen atoms in total. The smallest absolute Gasteiger partial charge is 0.433 e. The molecular weight excluding hydrogens is 452 g/mol. The molecule has 1 atom stereocenters. The van der Waals surface area contributed by atoms with Crippen LogP contribution in [-0.2, 0) is 17.4 Å². The van der Waals surface area contributed by atoms with Crippen molar-refractivity contribution in [2.45, 2.75) is 24.6 Å². The first-order valence-electron chi connectivity index (χ1n) is 10.7. The topological polar surface area (TPSA) is 80.5 Å². The number of alkyl halides is 3. The highest BCUT2D eigenvalue weighted by Crippen LogP contribution is 2.37. The Balaban J connectivity index is 1.74. The minimum atomic E-state index is -4.59. The van der Waals surface area contributed by atoms with Gasteiger partial charge in [-0.2, -0.15) is 13.2 Å². The van der Waals surface area contributed by atoms with Gasteiger partial charge in [0.05, 0.1) is 7.11 Å². The Kier molecular flexibility index (Phi) is 6.35. The van der Waals surface area contributed by atoms with Gasteiger partial charge in [-0.15, -0.1) is 0 Å². The van der Waals surface area contributed by atoms with Gasteiger partial charge in [-0.1, -0.05) is 12.1 Å². The number of rotatable bonds is 6. The van der Waals surface area contributed by atoms with Crippen LogP contribution in [0.5, 0.6) is 5.75 Å². The summed E-state index contributed by atoms with van der Waals surface area (Å²) in [7, 11) is 1.38. The summed E-state index contributed by atoms with van der Waals surface area (Å²) in [4.78, 5) is 17.8. The second-order valence-corrected chi connectivity index (χ2v) is 8.45. The lowest BCUT2D eigenvalue weighted by molar-refractivity contribution is -0.141. The van der Waals surface area contributed by atoms with E-state index in [0.717, 1.165) is 11.6 Å². The predicted molar refractivity (Wildman–Crippen MR) is 120 cm³/mol. The van der Waals surface area contributed by atoms with Gasteiger partial charge in [-0.05, 0) is 48.4 Å². The van der Waals surface area contributed by atoms with Crippen LogP contribution in [0.25, 0.3) is 10.9 Å². The Labute approximate surface area is 193 Å². The number of primary amides is 1. The second-order valence-electron chi connectivity index (χ2n) is 8.45. The zero-order chi connectivity index (χ0) is 24.5. The number of anilines is 1. The summed E-state index contributed by atoms with van der Waals surface area (Å²) >= 11 is 0. The number of piperazine rings is 1. The van der Waals surface area contributed by atoms with Crippen molar-refractivity contribution in [3.8, 4) is 5.75 Å². The van der Waals surface area contributed by atoms with E-state index in [1.807, 2.05) is 4.90 Å². The number of carbonyl (C=O) groups is 1. The highest BCUT2D eigenvalue weighted by atomic mass is 19.4. The lowest BCUT2D eigenvalue weighted by Gasteiger charge is -2.45. The second kappa shape index (κ2) is 9.09. The molecule has 0 saturated carbocycles. The van der Waals surface area contributed by atoms with Crippen molar-refractivity contribution >= 4 is 22.5 Å². The van der Waals surface area contributed by atoms with E-state index < -0.39 is 23.3 Å². The number of nitrogens with two attached hydrogens (primary N) is 1. The summed E-state index contributed by atoms with van der Waals surface area (Å²) in [6.45, 7) is 1.41. The summed E-state index contributed by atoms with van der Waals surface area (Å²) in [6.07, 6.45) is -4.14. The van der Waals surface area contributed by atoms with Crippen LogP contribution in [0.3, 0.4) is 0 Å². The predicted octanol–water partition coefficient (Wildman–Crippen LogP) is 3.67. The van der Waals surface area contributed by atoms with E-state index in [-0.39, 0.29) is 23.5 Å². The number of nitrogens with zero attached hydrogens (tertiary/aromatic N) is 2. The van der Waals surface area contributed by atoms with Gasteiger partial charge in [0.2, 0.25) is 5.91 Å². The minimum Gasteiger partial charge on any atom is -0.494 e. The third-order valence-electron chi connectivity index (χ3n) is 5.99. The van der Waals surface area contributed by atoms with Crippen LogP contribution in [-0.4, -0.2) is 43.2 Å². The summed E-state index contributed by atoms with van der Waals surface area (Å²) in [5, 5.41) is 3.90. The quantitative estimate of drug-likeness (QED) is 0.531. The van der Waals surface area contributed by atoms with Gasteiger partial charge in [-0.3, -0.25) is 4.79 Å². The van der Waals surface area contributed by atoms with Gasteiger partial charge in [0.25, 0.3) is 0 Å². The number of carbonyl (C=O) groups excluding carboxylic acids is 1. The molecule has 0 aliphatic carbocycles. The number of methoxy groups -OCH3 is 1. The molecule has 1 amide bonds. The number of benzene rings is 2. The molecule has 0 spiro atoms. The number of fused-ring (bicyclic) bond motifs is 1. The van der Waals surface area contributed by atoms with Gasteiger partial charge in [0, 0.05) is 42.7 Å². The number of aromatic nitrogens is 1. The molecule has 34 heavy (non-hydrogen) atoms. The van der Waals surface area contributed by atoms with Crippen molar-refractivity contribution in [2.75, 3.05) is 31.6 Å².